The third-order valence-electron chi connectivity index (χ3n) is 8.09. The van der Waals surface area contributed by atoms with Crippen molar-refractivity contribution < 1.29 is 4.79 Å². The SMILES string of the molecule is Cc1ccc(-c2cc(-c3ccccc3)c(C#N)c(SCC(=O)N(C3CCCCC3)C3CCCCC3)n2)cc1. The highest BCUT2D eigenvalue weighted by molar-refractivity contribution is 8.00. The summed E-state index contributed by atoms with van der Waals surface area (Å²) in [7, 11) is 0. The number of pyridine rings is 1. The minimum Gasteiger partial charge on any atom is -0.336 e. The van der Waals surface area contributed by atoms with Gasteiger partial charge in [-0.3, -0.25) is 4.79 Å². The smallest absolute Gasteiger partial charge is 0.233 e. The number of amides is 1. The highest BCUT2D eigenvalue weighted by atomic mass is 32.2. The van der Waals surface area contributed by atoms with E-state index in [9.17, 15) is 10.1 Å². The van der Waals surface area contributed by atoms with Gasteiger partial charge in [-0.2, -0.15) is 5.26 Å². The number of nitrogens with zero attached hydrogens (tertiary/aromatic N) is 3. The zero-order valence-corrected chi connectivity index (χ0v) is 23.2. The third kappa shape index (κ3) is 6.13. The van der Waals surface area contributed by atoms with Crippen LogP contribution in [0, 0.1) is 18.3 Å². The molecule has 0 radical (unpaired) electrons. The maximum absolute atomic E-state index is 13.9. The molecule has 2 saturated carbocycles. The normalized spacial score (nSPS) is 16.6. The minimum atomic E-state index is 0.210. The summed E-state index contributed by atoms with van der Waals surface area (Å²) in [6.45, 7) is 2.07. The van der Waals surface area contributed by atoms with E-state index in [2.05, 4.69) is 42.2 Å². The van der Waals surface area contributed by atoms with E-state index in [1.807, 2.05) is 36.4 Å². The van der Waals surface area contributed by atoms with Crippen LogP contribution in [0.5, 0.6) is 0 Å². The number of rotatable bonds is 7. The molecule has 4 nitrogen and oxygen atoms in total. The Labute approximate surface area is 231 Å². The molecular formula is C33H37N3OS. The topological polar surface area (TPSA) is 57.0 Å². The highest BCUT2D eigenvalue weighted by Gasteiger charge is 2.32. The lowest BCUT2D eigenvalue weighted by Crippen LogP contribution is -2.49. The molecule has 5 rings (SSSR count). The molecule has 2 aliphatic rings. The highest BCUT2D eigenvalue weighted by Crippen LogP contribution is 2.36. The number of hydrogen-bond donors (Lipinski definition) is 0. The molecule has 2 aliphatic carbocycles. The molecule has 0 bridgehead atoms. The number of benzene rings is 2. The van der Waals surface area contributed by atoms with Gasteiger partial charge in [-0.05, 0) is 44.2 Å². The Bertz CT molecular complexity index is 1250. The second-order valence-electron chi connectivity index (χ2n) is 10.8. The summed E-state index contributed by atoms with van der Waals surface area (Å²) in [5.74, 6) is 0.529. The van der Waals surface area contributed by atoms with Crippen LogP contribution in [0.1, 0.15) is 75.3 Å². The van der Waals surface area contributed by atoms with E-state index in [4.69, 9.17) is 4.98 Å². The summed E-state index contributed by atoms with van der Waals surface area (Å²) < 4.78 is 0. The molecule has 0 atom stereocenters. The number of thioether (sulfide) groups is 1. The molecule has 196 valence electrons. The van der Waals surface area contributed by atoms with Crippen LogP contribution in [0.25, 0.3) is 22.4 Å². The van der Waals surface area contributed by atoms with Crippen molar-refractivity contribution in [2.24, 2.45) is 0 Å². The van der Waals surface area contributed by atoms with E-state index in [1.54, 1.807) is 0 Å². The van der Waals surface area contributed by atoms with Gasteiger partial charge in [0.05, 0.1) is 17.0 Å². The molecule has 0 spiro atoms. The molecule has 2 fully saturated rings. The third-order valence-corrected chi connectivity index (χ3v) is 9.05. The van der Waals surface area contributed by atoms with Gasteiger partial charge in [0.25, 0.3) is 0 Å². The molecule has 1 amide bonds. The van der Waals surface area contributed by atoms with Crippen LogP contribution in [-0.4, -0.2) is 33.6 Å². The van der Waals surface area contributed by atoms with E-state index in [0.717, 1.165) is 48.1 Å². The van der Waals surface area contributed by atoms with Crippen LogP contribution in [0.3, 0.4) is 0 Å². The van der Waals surface area contributed by atoms with Gasteiger partial charge in [0.2, 0.25) is 5.91 Å². The van der Waals surface area contributed by atoms with Crippen molar-refractivity contribution in [3.8, 4) is 28.5 Å². The summed E-state index contributed by atoms with van der Waals surface area (Å²) in [6.07, 6.45) is 11.9. The van der Waals surface area contributed by atoms with E-state index in [1.165, 1.54) is 55.9 Å². The zero-order valence-electron chi connectivity index (χ0n) is 22.4. The van der Waals surface area contributed by atoms with E-state index < -0.39 is 0 Å². The first-order valence-electron chi connectivity index (χ1n) is 14.2. The number of carbonyl (C=O) groups is 1. The second kappa shape index (κ2) is 12.6. The van der Waals surface area contributed by atoms with Crippen molar-refractivity contribution in [3.63, 3.8) is 0 Å². The van der Waals surface area contributed by atoms with Gasteiger partial charge >= 0.3 is 0 Å². The lowest BCUT2D eigenvalue weighted by Gasteiger charge is -2.41. The maximum atomic E-state index is 13.9. The fraction of sp³-hybridized carbons (Fsp3) is 0.424. The Kier molecular flexibility index (Phi) is 8.81. The predicted octanol–water partition coefficient (Wildman–Crippen LogP) is 8.18. The van der Waals surface area contributed by atoms with Crippen LogP contribution in [0.2, 0.25) is 0 Å². The molecule has 5 heteroatoms. The zero-order chi connectivity index (χ0) is 26.3. The van der Waals surface area contributed by atoms with Crippen molar-refractivity contribution in [3.05, 3.63) is 71.8 Å². The van der Waals surface area contributed by atoms with Crippen LogP contribution in [-0.2, 0) is 4.79 Å². The number of aromatic nitrogens is 1. The Hall–Kier alpha value is -3.10. The molecule has 2 aromatic carbocycles. The number of nitriles is 1. The molecule has 1 heterocycles. The van der Waals surface area contributed by atoms with Crippen molar-refractivity contribution in [1.82, 2.24) is 9.88 Å². The van der Waals surface area contributed by atoms with Gasteiger partial charge in [-0.15, -0.1) is 0 Å². The van der Waals surface area contributed by atoms with Gasteiger partial charge in [-0.25, -0.2) is 4.98 Å². The van der Waals surface area contributed by atoms with E-state index >= 15 is 0 Å². The van der Waals surface area contributed by atoms with E-state index in [0.29, 0.717) is 28.4 Å². The first-order chi connectivity index (χ1) is 18.6. The van der Waals surface area contributed by atoms with E-state index in [-0.39, 0.29) is 5.91 Å². The molecule has 0 N–H and O–H groups in total. The monoisotopic (exact) mass is 523 g/mol. The van der Waals surface area contributed by atoms with Crippen molar-refractivity contribution in [1.29, 1.82) is 5.26 Å². The fourth-order valence-electron chi connectivity index (χ4n) is 6.08. The Balaban J connectivity index is 1.47. The largest absolute Gasteiger partial charge is 0.336 e. The Morgan fingerprint density at radius 1 is 0.895 bits per heavy atom. The van der Waals surface area contributed by atoms with Gasteiger partial charge < -0.3 is 4.90 Å². The summed E-state index contributed by atoms with van der Waals surface area (Å²) >= 11 is 1.43. The molecule has 1 aromatic heterocycles. The predicted molar refractivity (Wildman–Crippen MR) is 156 cm³/mol. The minimum absolute atomic E-state index is 0.210. The van der Waals surface area contributed by atoms with Gasteiger partial charge in [0.15, 0.2) is 0 Å². The molecule has 3 aromatic rings. The number of hydrogen-bond acceptors (Lipinski definition) is 4. The van der Waals surface area contributed by atoms with Crippen molar-refractivity contribution in [2.45, 2.75) is 88.2 Å². The molecule has 0 aliphatic heterocycles. The first kappa shape index (κ1) is 26.5. The lowest BCUT2D eigenvalue weighted by atomic mass is 9.88. The fourth-order valence-corrected chi connectivity index (χ4v) is 6.95. The van der Waals surface area contributed by atoms with Gasteiger partial charge in [-0.1, -0.05) is 110 Å². The second-order valence-corrected chi connectivity index (χ2v) is 11.7. The summed E-state index contributed by atoms with van der Waals surface area (Å²) in [6, 6.07) is 23.5. The maximum Gasteiger partial charge on any atom is 0.233 e. The molecular weight excluding hydrogens is 486 g/mol. The lowest BCUT2D eigenvalue weighted by molar-refractivity contribution is -0.135. The van der Waals surface area contributed by atoms with Crippen LogP contribution in [0.4, 0.5) is 0 Å². The average Bonchev–Trinajstić information content (AvgIpc) is 2.97. The molecule has 0 unspecified atom stereocenters. The Morgan fingerprint density at radius 2 is 1.50 bits per heavy atom. The van der Waals surface area contributed by atoms with Gasteiger partial charge in [0.1, 0.15) is 11.1 Å². The van der Waals surface area contributed by atoms with Gasteiger partial charge in [0, 0.05) is 23.2 Å². The standard InChI is InChI=1S/C33H37N3OS/c1-24-17-19-26(20-18-24)31-21-29(25-11-5-2-6-12-25)30(22-34)33(35-31)38-23-32(37)36(27-13-7-3-8-14-27)28-15-9-4-10-16-28/h2,5-6,11-12,17-21,27-28H,3-4,7-10,13-16,23H2,1H3. The number of carbonyl (C=O) groups excluding carboxylic acids is 1. The molecule has 38 heavy (non-hydrogen) atoms. The molecule has 0 saturated heterocycles. The van der Waals surface area contributed by atoms with Crippen LogP contribution < -0.4 is 0 Å². The van der Waals surface area contributed by atoms with Crippen LogP contribution in [0.15, 0.2) is 65.7 Å². The summed E-state index contributed by atoms with van der Waals surface area (Å²) in [5.41, 5.74) is 5.43. The number of aryl methyl sites for hydroxylation is 1. The van der Waals surface area contributed by atoms with Crippen molar-refractivity contribution >= 4 is 17.7 Å². The first-order valence-corrected chi connectivity index (χ1v) is 15.1. The van der Waals surface area contributed by atoms with Crippen molar-refractivity contribution in [2.75, 3.05) is 5.75 Å². The van der Waals surface area contributed by atoms with Crippen LogP contribution >= 0.6 is 11.8 Å². The quantitative estimate of drug-likeness (QED) is 0.293. The summed E-state index contributed by atoms with van der Waals surface area (Å²) in [5, 5.41) is 10.9. The summed E-state index contributed by atoms with van der Waals surface area (Å²) in [4.78, 5) is 21.1. The Morgan fingerprint density at radius 3 is 2.08 bits per heavy atom. The average molecular weight is 524 g/mol.